The Morgan fingerprint density at radius 2 is 2.33 bits per heavy atom. The van der Waals surface area contributed by atoms with Crippen molar-refractivity contribution in [1.29, 1.82) is 0 Å². The van der Waals surface area contributed by atoms with E-state index in [0.717, 1.165) is 10.9 Å². The van der Waals surface area contributed by atoms with Gasteiger partial charge in [-0.3, -0.25) is 9.63 Å². The number of nitrogens with zero attached hydrogens (tertiary/aromatic N) is 1. The number of carbonyl (C=O) groups excluding carboxylic acids is 1. The molecule has 4 nitrogen and oxygen atoms in total. The van der Waals surface area contributed by atoms with Crippen LogP contribution >= 0.6 is 15.9 Å². The second-order valence-corrected chi connectivity index (χ2v) is 4.24. The fraction of sp³-hybridized carbons (Fsp3) is 0.300. The molecule has 0 aliphatic carbocycles. The highest BCUT2D eigenvalue weighted by atomic mass is 79.9. The Morgan fingerprint density at radius 1 is 1.53 bits per heavy atom. The lowest BCUT2D eigenvalue weighted by Crippen LogP contribution is -2.27. The van der Waals surface area contributed by atoms with E-state index in [0.29, 0.717) is 24.4 Å². The third-order valence-electron chi connectivity index (χ3n) is 2.22. The van der Waals surface area contributed by atoms with E-state index >= 15 is 0 Å². The van der Waals surface area contributed by atoms with E-state index in [9.17, 15) is 4.79 Å². The van der Waals surface area contributed by atoms with Crippen molar-refractivity contribution in [3.05, 3.63) is 28.2 Å². The van der Waals surface area contributed by atoms with Crippen LogP contribution in [0.25, 0.3) is 0 Å². The predicted octanol–water partition coefficient (Wildman–Crippen LogP) is 1.81. The van der Waals surface area contributed by atoms with E-state index in [4.69, 9.17) is 10.6 Å². The molecule has 15 heavy (non-hydrogen) atoms. The van der Waals surface area contributed by atoms with Gasteiger partial charge in [0.15, 0.2) is 0 Å². The van der Waals surface area contributed by atoms with Crippen molar-refractivity contribution in [1.82, 2.24) is 5.06 Å². The van der Waals surface area contributed by atoms with Crippen molar-refractivity contribution in [3.8, 4) is 0 Å². The van der Waals surface area contributed by atoms with E-state index in [-0.39, 0.29) is 5.91 Å². The summed E-state index contributed by atoms with van der Waals surface area (Å²) in [5.74, 6) is -0.175. The molecule has 80 valence electrons. The van der Waals surface area contributed by atoms with Crippen molar-refractivity contribution in [3.63, 3.8) is 0 Å². The monoisotopic (exact) mass is 270 g/mol. The zero-order valence-corrected chi connectivity index (χ0v) is 9.66. The number of nitrogens with two attached hydrogens (primary N) is 1. The van der Waals surface area contributed by atoms with Gasteiger partial charge in [-0.1, -0.05) is 15.9 Å². The molecule has 0 bridgehead atoms. The molecular formula is C10H11BrN2O2. The van der Waals surface area contributed by atoms with Crippen LogP contribution < -0.4 is 5.73 Å². The molecule has 0 unspecified atom stereocenters. The van der Waals surface area contributed by atoms with Gasteiger partial charge in [0, 0.05) is 10.2 Å². The van der Waals surface area contributed by atoms with Crippen molar-refractivity contribution < 1.29 is 9.63 Å². The Bertz CT molecular complexity index is 389. The average molecular weight is 271 g/mol. The van der Waals surface area contributed by atoms with Gasteiger partial charge in [-0.25, -0.2) is 5.06 Å². The third-order valence-corrected chi connectivity index (χ3v) is 2.72. The Morgan fingerprint density at radius 3 is 3.00 bits per heavy atom. The van der Waals surface area contributed by atoms with Gasteiger partial charge < -0.3 is 5.73 Å². The number of hydroxylamine groups is 2. The number of rotatable bonds is 1. The van der Waals surface area contributed by atoms with Gasteiger partial charge >= 0.3 is 0 Å². The SMILES string of the molecule is Nc1ccc(Br)cc1C(=O)N1CCCO1. The molecule has 1 aromatic carbocycles. The molecule has 0 atom stereocenters. The van der Waals surface area contributed by atoms with Crippen LogP contribution in [0.2, 0.25) is 0 Å². The topological polar surface area (TPSA) is 55.6 Å². The molecule has 2 N–H and O–H groups in total. The lowest BCUT2D eigenvalue weighted by Gasteiger charge is -2.15. The minimum absolute atomic E-state index is 0.175. The summed E-state index contributed by atoms with van der Waals surface area (Å²) in [4.78, 5) is 17.1. The van der Waals surface area contributed by atoms with Crippen LogP contribution in [0.5, 0.6) is 0 Å². The molecular weight excluding hydrogens is 260 g/mol. The predicted molar refractivity (Wildman–Crippen MR) is 60.2 cm³/mol. The van der Waals surface area contributed by atoms with Crippen molar-refractivity contribution in [2.45, 2.75) is 6.42 Å². The highest BCUT2D eigenvalue weighted by Gasteiger charge is 2.22. The van der Waals surface area contributed by atoms with Gasteiger partial charge in [0.05, 0.1) is 18.7 Å². The smallest absolute Gasteiger partial charge is 0.279 e. The molecule has 1 heterocycles. The zero-order valence-electron chi connectivity index (χ0n) is 8.07. The van der Waals surface area contributed by atoms with Crippen LogP contribution in [0.1, 0.15) is 16.8 Å². The van der Waals surface area contributed by atoms with Crippen molar-refractivity contribution >= 4 is 27.5 Å². The van der Waals surface area contributed by atoms with Gasteiger partial charge in [0.2, 0.25) is 0 Å². The molecule has 5 heteroatoms. The molecule has 0 saturated carbocycles. The van der Waals surface area contributed by atoms with Crippen molar-refractivity contribution in [2.75, 3.05) is 18.9 Å². The van der Waals surface area contributed by atoms with Crippen LogP contribution in [0, 0.1) is 0 Å². The van der Waals surface area contributed by atoms with Crippen LogP contribution in [0.4, 0.5) is 5.69 Å². The number of carbonyl (C=O) groups is 1. The van der Waals surface area contributed by atoms with E-state index in [1.165, 1.54) is 5.06 Å². The number of halogens is 1. The van der Waals surface area contributed by atoms with E-state index in [2.05, 4.69) is 15.9 Å². The fourth-order valence-electron chi connectivity index (χ4n) is 1.46. The first-order chi connectivity index (χ1) is 7.18. The molecule has 2 rings (SSSR count). The van der Waals surface area contributed by atoms with Gasteiger partial charge in [-0.05, 0) is 24.6 Å². The zero-order chi connectivity index (χ0) is 10.8. The van der Waals surface area contributed by atoms with E-state index < -0.39 is 0 Å². The summed E-state index contributed by atoms with van der Waals surface area (Å²) >= 11 is 3.31. The highest BCUT2D eigenvalue weighted by molar-refractivity contribution is 9.10. The van der Waals surface area contributed by atoms with Gasteiger partial charge in [0.1, 0.15) is 0 Å². The lowest BCUT2D eigenvalue weighted by molar-refractivity contribution is -0.0767. The third kappa shape index (κ3) is 2.13. The first-order valence-corrected chi connectivity index (χ1v) is 5.47. The Labute approximate surface area is 96.1 Å². The summed E-state index contributed by atoms with van der Waals surface area (Å²) < 4.78 is 0.833. The Hall–Kier alpha value is -1.07. The average Bonchev–Trinajstić information content (AvgIpc) is 2.74. The summed E-state index contributed by atoms with van der Waals surface area (Å²) in [6, 6.07) is 5.21. The molecule has 0 radical (unpaired) electrons. The number of hydrogen-bond acceptors (Lipinski definition) is 3. The maximum absolute atomic E-state index is 11.9. The summed E-state index contributed by atoms with van der Waals surface area (Å²) in [7, 11) is 0. The molecule has 1 aromatic rings. The summed E-state index contributed by atoms with van der Waals surface area (Å²) in [6.45, 7) is 1.23. The summed E-state index contributed by atoms with van der Waals surface area (Å²) in [6.07, 6.45) is 0.875. The summed E-state index contributed by atoms with van der Waals surface area (Å²) in [5, 5.41) is 1.36. The van der Waals surface area contributed by atoms with Gasteiger partial charge in [0.25, 0.3) is 5.91 Å². The second kappa shape index (κ2) is 4.20. The molecule has 1 fully saturated rings. The largest absolute Gasteiger partial charge is 0.398 e. The quantitative estimate of drug-likeness (QED) is 0.792. The molecule has 1 saturated heterocycles. The highest BCUT2D eigenvalue weighted by Crippen LogP contribution is 2.21. The lowest BCUT2D eigenvalue weighted by atomic mass is 10.1. The molecule has 1 aliphatic rings. The first-order valence-electron chi connectivity index (χ1n) is 4.68. The minimum Gasteiger partial charge on any atom is -0.398 e. The van der Waals surface area contributed by atoms with Crippen LogP contribution in [0.3, 0.4) is 0 Å². The van der Waals surface area contributed by atoms with Crippen molar-refractivity contribution in [2.24, 2.45) is 0 Å². The Kier molecular flexibility index (Phi) is 2.93. The maximum Gasteiger partial charge on any atom is 0.279 e. The van der Waals surface area contributed by atoms with Crippen LogP contribution in [0.15, 0.2) is 22.7 Å². The van der Waals surface area contributed by atoms with E-state index in [1.54, 1.807) is 18.2 Å². The normalized spacial score (nSPS) is 15.7. The number of anilines is 1. The van der Waals surface area contributed by atoms with Gasteiger partial charge in [-0.2, -0.15) is 0 Å². The second-order valence-electron chi connectivity index (χ2n) is 3.33. The molecule has 1 amide bonds. The minimum atomic E-state index is -0.175. The maximum atomic E-state index is 11.9. The molecule has 1 aliphatic heterocycles. The summed E-state index contributed by atoms with van der Waals surface area (Å²) in [5.41, 5.74) is 6.68. The fourth-order valence-corrected chi connectivity index (χ4v) is 1.82. The number of hydrogen-bond donors (Lipinski definition) is 1. The van der Waals surface area contributed by atoms with Gasteiger partial charge in [-0.15, -0.1) is 0 Å². The number of benzene rings is 1. The number of amides is 1. The number of nitrogen functional groups attached to an aromatic ring is 1. The Balaban J connectivity index is 2.27. The standard InChI is InChI=1S/C10H11BrN2O2/c11-7-2-3-9(12)8(6-7)10(14)13-4-1-5-15-13/h2-3,6H,1,4-5,12H2. The van der Waals surface area contributed by atoms with E-state index in [1.807, 2.05) is 0 Å². The first kappa shape index (κ1) is 10.4. The van der Waals surface area contributed by atoms with Crippen LogP contribution in [-0.2, 0) is 4.84 Å². The van der Waals surface area contributed by atoms with Crippen LogP contribution in [-0.4, -0.2) is 24.1 Å². The molecule has 0 aromatic heterocycles. The molecule has 0 spiro atoms.